The number of carboxylic acids is 1. The number of nitrogens with zero attached hydrogens (tertiary/aromatic N) is 4. The van der Waals surface area contributed by atoms with Crippen molar-refractivity contribution in [2.75, 3.05) is 4.72 Å². The molecule has 0 aliphatic heterocycles. The molecule has 0 aromatic carbocycles. The van der Waals surface area contributed by atoms with Crippen LogP contribution in [0.3, 0.4) is 0 Å². The van der Waals surface area contributed by atoms with Crippen LogP contribution < -0.4 is 4.72 Å². The third-order valence-electron chi connectivity index (χ3n) is 2.47. The Balaban J connectivity index is 2.10. The molecule has 0 aliphatic carbocycles. The highest BCUT2D eigenvalue weighted by molar-refractivity contribution is 7.93. The van der Waals surface area contributed by atoms with Gasteiger partial charge in [-0.1, -0.05) is 18.3 Å². The van der Waals surface area contributed by atoms with E-state index in [1.54, 1.807) is 0 Å². The second kappa shape index (κ2) is 6.18. The molecule has 2 rings (SSSR count). The first-order valence-electron chi connectivity index (χ1n) is 6.00. The molecule has 0 saturated carbocycles. The van der Waals surface area contributed by atoms with E-state index < -0.39 is 16.0 Å². The van der Waals surface area contributed by atoms with E-state index in [0.717, 1.165) is 22.5 Å². The van der Waals surface area contributed by atoms with Gasteiger partial charge in [-0.15, -0.1) is 10.2 Å². The van der Waals surface area contributed by atoms with Crippen molar-refractivity contribution in [1.29, 1.82) is 0 Å². The molecule has 114 valence electrons. The summed E-state index contributed by atoms with van der Waals surface area (Å²) >= 11 is 1.16. The molecular weight excluding hydrogens is 318 g/mol. The van der Waals surface area contributed by atoms with Crippen LogP contribution >= 0.6 is 11.3 Å². The SMILES string of the molecule is CCc1nnc(NS(=O)(=O)c2cnn(CCC(=O)O)c2)s1. The Morgan fingerprint density at radius 2 is 2.24 bits per heavy atom. The van der Waals surface area contributed by atoms with Crippen molar-refractivity contribution in [3.05, 3.63) is 17.4 Å². The minimum absolute atomic E-state index is 0.0545. The fourth-order valence-corrected chi connectivity index (χ4v) is 3.29. The molecule has 2 heterocycles. The van der Waals surface area contributed by atoms with Gasteiger partial charge in [-0.25, -0.2) is 8.42 Å². The third kappa shape index (κ3) is 3.98. The van der Waals surface area contributed by atoms with Gasteiger partial charge in [-0.3, -0.25) is 14.2 Å². The van der Waals surface area contributed by atoms with Gasteiger partial charge in [0.1, 0.15) is 9.90 Å². The topological polar surface area (TPSA) is 127 Å². The number of nitrogens with one attached hydrogen (secondary N) is 1. The molecule has 0 aliphatic rings. The van der Waals surface area contributed by atoms with Crippen LogP contribution in [-0.4, -0.2) is 39.5 Å². The number of hydrogen-bond donors (Lipinski definition) is 2. The molecule has 2 aromatic rings. The summed E-state index contributed by atoms with van der Waals surface area (Å²) in [4.78, 5) is 10.4. The molecule has 0 saturated heterocycles. The van der Waals surface area contributed by atoms with Crippen molar-refractivity contribution in [2.24, 2.45) is 0 Å². The normalized spacial score (nSPS) is 11.5. The lowest BCUT2D eigenvalue weighted by atomic mass is 10.4. The van der Waals surface area contributed by atoms with Crippen molar-refractivity contribution >= 4 is 32.5 Å². The first kappa shape index (κ1) is 15.4. The quantitative estimate of drug-likeness (QED) is 0.759. The van der Waals surface area contributed by atoms with E-state index in [9.17, 15) is 13.2 Å². The Hall–Kier alpha value is -2.01. The smallest absolute Gasteiger partial charge is 0.305 e. The number of rotatable bonds is 7. The number of aliphatic carboxylic acids is 1. The van der Waals surface area contributed by atoms with Crippen LogP contribution in [0.2, 0.25) is 0 Å². The number of carbonyl (C=O) groups is 1. The molecule has 9 nitrogen and oxygen atoms in total. The summed E-state index contributed by atoms with van der Waals surface area (Å²) in [5.41, 5.74) is 0. The molecule has 0 amide bonds. The fourth-order valence-electron chi connectivity index (χ4n) is 1.43. The highest BCUT2D eigenvalue weighted by atomic mass is 32.2. The van der Waals surface area contributed by atoms with E-state index in [-0.39, 0.29) is 23.0 Å². The second-order valence-electron chi connectivity index (χ2n) is 4.04. The molecule has 2 N–H and O–H groups in total. The Morgan fingerprint density at radius 3 is 2.86 bits per heavy atom. The zero-order valence-electron chi connectivity index (χ0n) is 11.1. The summed E-state index contributed by atoms with van der Waals surface area (Å²) < 4.78 is 27.8. The van der Waals surface area contributed by atoms with Gasteiger partial charge in [0.25, 0.3) is 10.0 Å². The minimum atomic E-state index is -3.80. The monoisotopic (exact) mass is 331 g/mol. The molecule has 0 fully saturated rings. The molecule has 0 unspecified atom stereocenters. The van der Waals surface area contributed by atoms with Crippen LogP contribution in [0.4, 0.5) is 5.13 Å². The number of aromatic nitrogens is 4. The molecular formula is C10H13N5O4S2. The predicted molar refractivity (Wildman–Crippen MR) is 74.6 cm³/mol. The summed E-state index contributed by atoms with van der Waals surface area (Å²) in [6, 6.07) is 0. The maximum absolute atomic E-state index is 12.1. The Labute approximate surface area is 124 Å². The van der Waals surface area contributed by atoms with Crippen LogP contribution in [0.25, 0.3) is 0 Å². The van der Waals surface area contributed by atoms with E-state index in [2.05, 4.69) is 20.0 Å². The van der Waals surface area contributed by atoms with Crippen molar-refractivity contribution in [3.8, 4) is 0 Å². The first-order valence-corrected chi connectivity index (χ1v) is 8.30. The fraction of sp³-hybridized carbons (Fsp3) is 0.400. The van der Waals surface area contributed by atoms with E-state index in [0.29, 0.717) is 6.42 Å². The van der Waals surface area contributed by atoms with Crippen LogP contribution in [0, 0.1) is 0 Å². The number of sulfonamides is 1. The lowest BCUT2D eigenvalue weighted by molar-refractivity contribution is -0.137. The Bertz CT molecular complexity index is 736. The summed E-state index contributed by atoms with van der Waals surface area (Å²) in [6.45, 7) is 1.99. The lowest BCUT2D eigenvalue weighted by Gasteiger charge is -2.01. The molecule has 0 radical (unpaired) electrons. The maximum atomic E-state index is 12.1. The minimum Gasteiger partial charge on any atom is -0.481 e. The van der Waals surface area contributed by atoms with Crippen LogP contribution in [0.15, 0.2) is 17.3 Å². The summed E-state index contributed by atoms with van der Waals surface area (Å²) in [7, 11) is -3.80. The van der Waals surface area contributed by atoms with E-state index in [4.69, 9.17) is 5.11 Å². The zero-order valence-corrected chi connectivity index (χ0v) is 12.7. The Morgan fingerprint density at radius 1 is 1.48 bits per heavy atom. The third-order valence-corrected chi connectivity index (χ3v) is 4.87. The molecule has 21 heavy (non-hydrogen) atoms. The van der Waals surface area contributed by atoms with Crippen LogP contribution in [0.5, 0.6) is 0 Å². The summed E-state index contributed by atoms with van der Waals surface area (Å²) in [6.07, 6.45) is 2.97. The average molecular weight is 331 g/mol. The molecule has 2 aromatic heterocycles. The largest absolute Gasteiger partial charge is 0.481 e. The number of carboxylic acid groups (broad SMARTS) is 1. The summed E-state index contributed by atoms with van der Waals surface area (Å²) in [5.74, 6) is -0.978. The number of hydrogen-bond acceptors (Lipinski definition) is 7. The van der Waals surface area contributed by atoms with E-state index in [1.165, 1.54) is 10.9 Å². The molecule has 0 spiro atoms. The predicted octanol–water partition coefficient (Wildman–Crippen LogP) is 0.573. The van der Waals surface area contributed by atoms with E-state index in [1.807, 2.05) is 6.92 Å². The van der Waals surface area contributed by atoms with Gasteiger partial charge in [0, 0.05) is 6.20 Å². The van der Waals surface area contributed by atoms with Gasteiger partial charge in [0.05, 0.1) is 19.2 Å². The number of anilines is 1. The standard InChI is InChI=1S/C10H13N5O4S2/c1-2-8-12-13-10(20-8)14-21(18,19)7-5-11-15(6-7)4-3-9(16)17/h5-6H,2-4H2,1H3,(H,13,14)(H,16,17). The van der Waals surface area contributed by atoms with Crippen molar-refractivity contribution < 1.29 is 18.3 Å². The van der Waals surface area contributed by atoms with Crippen molar-refractivity contribution in [2.45, 2.75) is 31.2 Å². The van der Waals surface area contributed by atoms with Crippen LogP contribution in [-0.2, 0) is 27.8 Å². The highest BCUT2D eigenvalue weighted by Gasteiger charge is 2.19. The highest BCUT2D eigenvalue weighted by Crippen LogP contribution is 2.19. The van der Waals surface area contributed by atoms with Crippen molar-refractivity contribution in [3.63, 3.8) is 0 Å². The second-order valence-corrected chi connectivity index (χ2v) is 6.79. The summed E-state index contributed by atoms with van der Waals surface area (Å²) in [5, 5.41) is 20.9. The lowest BCUT2D eigenvalue weighted by Crippen LogP contribution is -2.12. The average Bonchev–Trinajstić information content (AvgIpc) is 3.04. The van der Waals surface area contributed by atoms with Gasteiger partial charge >= 0.3 is 5.97 Å². The molecule has 11 heteroatoms. The van der Waals surface area contributed by atoms with E-state index >= 15 is 0 Å². The van der Waals surface area contributed by atoms with Crippen molar-refractivity contribution in [1.82, 2.24) is 20.0 Å². The van der Waals surface area contributed by atoms with Gasteiger partial charge in [-0.05, 0) is 6.42 Å². The van der Waals surface area contributed by atoms with Crippen LogP contribution in [0.1, 0.15) is 18.4 Å². The molecule has 0 atom stereocenters. The molecule has 0 bridgehead atoms. The van der Waals surface area contributed by atoms with Gasteiger partial charge in [-0.2, -0.15) is 5.10 Å². The zero-order chi connectivity index (χ0) is 15.5. The van der Waals surface area contributed by atoms with Gasteiger partial charge in [0.15, 0.2) is 0 Å². The number of aryl methyl sites for hydroxylation is 2. The van der Waals surface area contributed by atoms with Gasteiger partial charge in [0.2, 0.25) is 5.13 Å². The first-order chi connectivity index (χ1) is 9.90. The van der Waals surface area contributed by atoms with Gasteiger partial charge < -0.3 is 5.11 Å². The maximum Gasteiger partial charge on any atom is 0.305 e. The Kier molecular flexibility index (Phi) is 4.53.